The predicted octanol–water partition coefficient (Wildman–Crippen LogP) is 2.27. The van der Waals surface area contributed by atoms with Gasteiger partial charge in [0.05, 0.1) is 0 Å². The van der Waals surface area contributed by atoms with E-state index in [-0.39, 0.29) is 0 Å². The molecule has 0 radical (unpaired) electrons. The number of rotatable bonds is 3. The van der Waals surface area contributed by atoms with Crippen LogP contribution in [0.25, 0.3) is 0 Å². The molecule has 0 spiro atoms. The van der Waals surface area contributed by atoms with Gasteiger partial charge in [-0.2, -0.15) is 0 Å². The molecule has 1 unspecified atom stereocenters. The second-order valence-electron chi connectivity index (χ2n) is 2.79. The summed E-state index contributed by atoms with van der Waals surface area (Å²) in [4.78, 5) is 0. The Morgan fingerprint density at radius 3 is 2.00 bits per heavy atom. The normalized spacial score (nSPS) is 18.0. The van der Waals surface area contributed by atoms with Gasteiger partial charge in [-0.15, -0.1) is 11.1 Å². The minimum Gasteiger partial charge on any atom is -0.317 e. The molecule has 0 fully saturated rings. The number of halogens is 1. The van der Waals surface area contributed by atoms with Crippen molar-refractivity contribution in [1.82, 2.24) is 4.57 Å². The van der Waals surface area contributed by atoms with E-state index in [1.807, 2.05) is 0 Å². The first-order valence-corrected chi connectivity index (χ1v) is 7.03. The molecule has 1 nitrogen and oxygen atoms in total. The zero-order chi connectivity index (χ0) is 7.49. The van der Waals surface area contributed by atoms with E-state index in [1.165, 1.54) is 12.5 Å². The van der Waals surface area contributed by atoms with E-state index in [0.717, 1.165) is 0 Å². The van der Waals surface area contributed by atoms with Crippen molar-refractivity contribution in [2.75, 3.05) is 14.1 Å². The molecule has 0 N–H and O–H groups in total. The molecule has 0 saturated carbocycles. The van der Waals surface area contributed by atoms with Gasteiger partial charge in [0.15, 0.2) is 0 Å². The van der Waals surface area contributed by atoms with Gasteiger partial charge >= 0.3 is 0 Å². The van der Waals surface area contributed by atoms with Crippen molar-refractivity contribution in [3.63, 3.8) is 0 Å². The van der Waals surface area contributed by atoms with Gasteiger partial charge in [-0.1, -0.05) is 13.3 Å². The fraction of sp³-hybridized carbons (Fsp3) is 1.00. The van der Waals surface area contributed by atoms with E-state index in [0.29, 0.717) is 0 Å². The fourth-order valence-electron chi connectivity index (χ4n) is 0.680. The summed E-state index contributed by atoms with van der Waals surface area (Å²) in [6.07, 6.45) is 1.20. The quantitative estimate of drug-likeness (QED) is 0.458. The summed E-state index contributed by atoms with van der Waals surface area (Å²) in [6.45, 7) is 4.36. The van der Waals surface area contributed by atoms with Gasteiger partial charge in [0.25, 0.3) is 0 Å². The number of nitrogens with zero attached hydrogens (tertiary/aromatic N) is 1. The molecule has 0 aliphatic carbocycles. The van der Waals surface area contributed by atoms with E-state index >= 15 is 0 Å². The van der Waals surface area contributed by atoms with Gasteiger partial charge in [0, 0.05) is 0 Å². The van der Waals surface area contributed by atoms with E-state index in [2.05, 4.69) is 32.1 Å². The molecule has 0 aromatic carbocycles. The molecule has 0 aliphatic heterocycles. The first-order valence-electron chi connectivity index (χ1n) is 3.37. The standard InChI is InChI=1S/C6H16ClNSi/c1-5-6-9(4,7)8(2)3/h5-6H2,1-4H3. The lowest BCUT2D eigenvalue weighted by atomic mass is 10.6. The molecule has 3 heteroatoms. The topological polar surface area (TPSA) is 3.24 Å². The monoisotopic (exact) mass is 165 g/mol. The molecule has 0 aromatic heterocycles. The second kappa shape index (κ2) is 3.59. The van der Waals surface area contributed by atoms with Crippen molar-refractivity contribution in [3.05, 3.63) is 0 Å². The maximum Gasteiger partial charge on any atom is 0.225 e. The van der Waals surface area contributed by atoms with Crippen LogP contribution < -0.4 is 0 Å². The molecule has 0 bridgehead atoms. The third-order valence-electron chi connectivity index (χ3n) is 1.64. The molecule has 9 heavy (non-hydrogen) atoms. The maximum atomic E-state index is 6.24. The highest BCUT2D eigenvalue weighted by Crippen LogP contribution is 2.18. The molecule has 0 aromatic rings. The molecule has 0 heterocycles. The summed E-state index contributed by atoms with van der Waals surface area (Å²) < 4.78 is 2.18. The molecule has 1 atom stereocenters. The first kappa shape index (κ1) is 9.47. The van der Waals surface area contributed by atoms with Crippen LogP contribution in [0.2, 0.25) is 12.6 Å². The lowest BCUT2D eigenvalue weighted by molar-refractivity contribution is 0.628. The summed E-state index contributed by atoms with van der Waals surface area (Å²) in [7, 11) is 2.65. The number of hydrogen-bond donors (Lipinski definition) is 0. The highest BCUT2D eigenvalue weighted by atomic mass is 35.6. The molecule has 0 saturated heterocycles. The van der Waals surface area contributed by atoms with Crippen molar-refractivity contribution in [1.29, 1.82) is 0 Å². The van der Waals surface area contributed by atoms with Crippen molar-refractivity contribution < 1.29 is 0 Å². The summed E-state index contributed by atoms with van der Waals surface area (Å²) in [5, 5.41) is 0. The zero-order valence-corrected chi connectivity index (χ0v) is 8.50. The molecular formula is C6H16ClNSi. The van der Waals surface area contributed by atoms with Gasteiger partial charge in [0.2, 0.25) is 7.55 Å². The van der Waals surface area contributed by atoms with Crippen LogP contribution in [-0.4, -0.2) is 26.2 Å². The molecular weight excluding hydrogens is 150 g/mol. The smallest absolute Gasteiger partial charge is 0.225 e. The van der Waals surface area contributed by atoms with E-state index in [1.54, 1.807) is 0 Å². The first-order chi connectivity index (χ1) is 4.00. The third kappa shape index (κ3) is 3.23. The van der Waals surface area contributed by atoms with Gasteiger partial charge in [-0.25, -0.2) is 0 Å². The largest absolute Gasteiger partial charge is 0.317 e. The van der Waals surface area contributed by atoms with Gasteiger partial charge < -0.3 is 4.57 Å². The van der Waals surface area contributed by atoms with Gasteiger partial charge in [-0.3, -0.25) is 0 Å². The third-order valence-corrected chi connectivity index (χ3v) is 6.50. The summed E-state index contributed by atoms with van der Waals surface area (Å²) in [5.41, 5.74) is 0. The van der Waals surface area contributed by atoms with Crippen LogP contribution in [0.4, 0.5) is 0 Å². The van der Waals surface area contributed by atoms with Gasteiger partial charge in [-0.05, 0) is 26.7 Å². The number of hydrogen-bond acceptors (Lipinski definition) is 1. The van der Waals surface area contributed by atoms with Gasteiger partial charge in [0.1, 0.15) is 0 Å². The Hall–Kier alpha value is 0.467. The highest BCUT2D eigenvalue weighted by Gasteiger charge is 2.25. The summed E-state index contributed by atoms with van der Waals surface area (Å²) >= 11 is 6.24. The molecule has 56 valence electrons. The van der Waals surface area contributed by atoms with Crippen molar-refractivity contribution in [2.24, 2.45) is 0 Å². The molecule has 0 amide bonds. The Bertz CT molecular complexity index is 83.1. The van der Waals surface area contributed by atoms with E-state index in [9.17, 15) is 0 Å². The summed E-state index contributed by atoms with van der Waals surface area (Å²) in [6, 6.07) is 1.18. The Balaban J connectivity index is 3.70. The van der Waals surface area contributed by atoms with Crippen LogP contribution in [0.1, 0.15) is 13.3 Å². The summed E-state index contributed by atoms with van der Waals surface area (Å²) in [5.74, 6) is 0. The highest BCUT2D eigenvalue weighted by molar-refractivity contribution is 7.18. The molecule has 0 rings (SSSR count). The Kier molecular flexibility index (Phi) is 3.78. The van der Waals surface area contributed by atoms with Crippen LogP contribution >= 0.6 is 11.1 Å². The fourth-order valence-corrected chi connectivity index (χ4v) is 2.61. The minimum absolute atomic E-state index is 1.18. The van der Waals surface area contributed by atoms with Crippen LogP contribution in [-0.2, 0) is 0 Å². The Labute approximate surface area is 63.8 Å². The minimum atomic E-state index is -1.48. The SMILES string of the molecule is CCC[Si](C)(Cl)N(C)C. The van der Waals surface area contributed by atoms with Crippen LogP contribution in [0.5, 0.6) is 0 Å². The van der Waals surface area contributed by atoms with Crippen molar-refractivity contribution in [3.8, 4) is 0 Å². The lowest BCUT2D eigenvalue weighted by Crippen LogP contribution is -2.40. The Morgan fingerprint density at radius 2 is 1.89 bits per heavy atom. The lowest BCUT2D eigenvalue weighted by Gasteiger charge is -2.26. The molecule has 0 aliphatic rings. The van der Waals surface area contributed by atoms with Crippen LogP contribution in [0, 0.1) is 0 Å². The maximum absolute atomic E-state index is 6.24. The average molecular weight is 166 g/mol. The van der Waals surface area contributed by atoms with Crippen molar-refractivity contribution >= 4 is 18.6 Å². The van der Waals surface area contributed by atoms with E-state index < -0.39 is 7.55 Å². The van der Waals surface area contributed by atoms with Crippen LogP contribution in [0.15, 0.2) is 0 Å². The second-order valence-corrected chi connectivity index (χ2v) is 8.91. The predicted molar refractivity (Wildman–Crippen MR) is 46.3 cm³/mol. The zero-order valence-electron chi connectivity index (χ0n) is 6.74. The van der Waals surface area contributed by atoms with E-state index in [4.69, 9.17) is 11.1 Å². The van der Waals surface area contributed by atoms with Crippen molar-refractivity contribution in [2.45, 2.75) is 25.9 Å². The van der Waals surface area contributed by atoms with Crippen LogP contribution in [0.3, 0.4) is 0 Å². The Morgan fingerprint density at radius 1 is 1.44 bits per heavy atom. The average Bonchev–Trinajstić information content (AvgIpc) is 1.65.